The van der Waals surface area contributed by atoms with Gasteiger partial charge in [-0.2, -0.15) is 0 Å². The number of nitrogens with zero attached hydrogens (tertiary/aromatic N) is 1. The van der Waals surface area contributed by atoms with Crippen molar-refractivity contribution in [2.24, 2.45) is 0 Å². The van der Waals surface area contributed by atoms with Gasteiger partial charge in [-0.15, -0.1) is 0 Å². The Balaban J connectivity index is 2.26. The number of hydrogen-bond acceptors (Lipinski definition) is 3. The molecule has 1 aromatic heterocycles. The summed E-state index contributed by atoms with van der Waals surface area (Å²) in [5.74, 6) is 1.64. The van der Waals surface area contributed by atoms with Crippen LogP contribution in [0.1, 0.15) is 24.5 Å². The zero-order valence-corrected chi connectivity index (χ0v) is 7.16. The number of nitrogen functional groups attached to an aromatic ring is 1. The fraction of sp³-hybridized carbons (Fsp3) is 0.300. The third kappa shape index (κ3) is 1.00. The van der Waals surface area contributed by atoms with E-state index in [0.29, 0.717) is 5.92 Å². The highest BCUT2D eigenvalue weighted by molar-refractivity contribution is 5.84. The van der Waals surface area contributed by atoms with Crippen molar-refractivity contribution in [3.05, 3.63) is 24.0 Å². The molecular weight excluding hydrogens is 164 g/mol. The van der Waals surface area contributed by atoms with Crippen LogP contribution in [-0.2, 0) is 0 Å². The van der Waals surface area contributed by atoms with Crippen LogP contribution in [0.15, 0.2) is 22.7 Å². The first-order valence-electron chi connectivity index (χ1n) is 4.49. The van der Waals surface area contributed by atoms with Crippen molar-refractivity contribution in [1.29, 1.82) is 0 Å². The molecular formula is C10H10N2O. The molecule has 0 spiro atoms. The highest BCUT2D eigenvalue weighted by Crippen LogP contribution is 2.43. The van der Waals surface area contributed by atoms with Gasteiger partial charge in [-0.05, 0) is 31.0 Å². The Bertz CT molecular complexity index is 457. The molecule has 1 saturated carbocycles. The van der Waals surface area contributed by atoms with Crippen molar-refractivity contribution in [3.63, 3.8) is 0 Å². The first kappa shape index (κ1) is 6.95. The standard InChI is InChI=1S/C10H10N2O/c11-7-3-4-8-9(5-7)12-13-10(8)6-1-2-6/h3-6H,1-2,11H2. The summed E-state index contributed by atoms with van der Waals surface area (Å²) in [4.78, 5) is 0. The maximum absolute atomic E-state index is 5.64. The molecule has 0 unspecified atom stereocenters. The van der Waals surface area contributed by atoms with E-state index in [1.54, 1.807) is 0 Å². The molecule has 3 nitrogen and oxygen atoms in total. The summed E-state index contributed by atoms with van der Waals surface area (Å²) in [5.41, 5.74) is 7.26. The maximum Gasteiger partial charge on any atom is 0.147 e. The van der Waals surface area contributed by atoms with Crippen LogP contribution in [0, 0.1) is 0 Å². The summed E-state index contributed by atoms with van der Waals surface area (Å²) in [7, 11) is 0. The summed E-state index contributed by atoms with van der Waals surface area (Å²) in [6.45, 7) is 0. The summed E-state index contributed by atoms with van der Waals surface area (Å²) >= 11 is 0. The van der Waals surface area contributed by atoms with Crippen LogP contribution in [0.2, 0.25) is 0 Å². The normalized spacial score (nSPS) is 16.6. The summed E-state index contributed by atoms with van der Waals surface area (Å²) in [6.07, 6.45) is 2.46. The quantitative estimate of drug-likeness (QED) is 0.675. The second-order valence-corrected chi connectivity index (χ2v) is 3.60. The van der Waals surface area contributed by atoms with Crippen LogP contribution in [0.5, 0.6) is 0 Å². The highest BCUT2D eigenvalue weighted by atomic mass is 16.5. The lowest BCUT2D eigenvalue weighted by Crippen LogP contribution is -1.83. The predicted molar refractivity (Wildman–Crippen MR) is 50.4 cm³/mol. The van der Waals surface area contributed by atoms with Crippen LogP contribution in [0.4, 0.5) is 5.69 Å². The second-order valence-electron chi connectivity index (χ2n) is 3.60. The van der Waals surface area contributed by atoms with Crippen molar-refractivity contribution >= 4 is 16.6 Å². The first-order chi connectivity index (χ1) is 6.34. The smallest absolute Gasteiger partial charge is 0.147 e. The van der Waals surface area contributed by atoms with Gasteiger partial charge in [0.05, 0.1) is 0 Å². The van der Waals surface area contributed by atoms with E-state index in [1.807, 2.05) is 18.2 Å². The molecule has 0 atom stereocenters. The Hall–Kier alpha value is -1.51. The minimum absolute atomic E-state index is 0.605. The first-order valence-corrected chi connectivity index (χ1v) is 4.49. The number of aromatic nitrogens is 1. The molecule has 1 fully saturated rings. The topological polar surface area (TPSA) is 52.0 Å². The van der Waals surface area contributed by atoms with Crippen LogP contribution < -0.4 is 5.73 Å². The Labute approximate surface area is 75.5 Å². The molecule has 13 heavy (non-hydrogen) atoms. The van der Waals surface area contributed by atoms with E-state index in [-0.39, 0.29) is 0 Å². The van der Waals surface area contributed by atoms with E-state index in [0.717, 1.165) is 22.4 Å². The fourth-order valence-corrected chi connectivity index (χ4v) is 1.62. The maximum atomic E-state index is 5.64. The molecule has 0 saturated heterocycles. The monoisotopic (exact) mass is 174 g/mol. The van der Waals surface area contributed by atoms with Crippen LogP contribution in [-0.4, -0.2) is 5.16 Å². The molecule has 2 N–H and O–H groups in total. The molecule has 0 radical (unpaired) electrons. The van der Waals surface area contributed by atoms with Crippen LogP contribution in [0.3, 0.4) is 0 Å². The molecule has 2 aromatic rings. The third-order valence-corrected chi connectivity index (χ3v) is 2.48. The lowest BCUT2D eigenvalue weighted by molar-refractivity contribution is 0.392. The van der Waals surface area contributed by atoms with Crippen molar-refractivity contribution in [3.8, 4) is 0 Å². The summed E-state index contributed by atoms with van der Waals surface area (Å²) in [5, 5.41) is 5.11. The van der Waals surface area contributed by atoms with Gasteiger partial charge in [0.15, 0.2) is 0 Å². The van der Waals surface area contributed by atoms with Crippen LogP contribution >= 0.6 is 0 Å². The van der Waals surface area contributed by atoms with Crippen molar-refractivity contribution < 1.29 is 4.52 Å². The average molecular weight is 174 g/mol. The molecule has 0 amide bonds. The van der Waals surface area contributed by atoms with Gasteiger partial charge in [-0.25, -0.2) is 0 Å². The SMILES string of the molecule is Nc1ccc2c(C3CC3)onc2c1. The van der Waals surface area contributed by atoms with E-state index < -0.39 is 0 Å². The van der Waals surface area contributed by atoms with Gasteiger partial charge in [-0.1, -0.05) is 5.16 Å². The van der Waals surface area contributed by atoms with Gasteiger partial charge in [0.25, 0.3) is 0 Å². The van der Waals surface area contributed by atoms with Gasteiger partial charge >= 0.3 is 0 Å². The second kappa shape index (κ2) is 2.25. The third-order valence-electron chi connectivity index (χ3n) is 2.48. The van der Waals surface area contributed by atoms with Crippen LogP contribution in [0.25, 0.3) is 10.9 Å². The molecule has 3 heteroatoms. The number of hydrogen-bond donors (Lipinski definition) is 1. The minimum Gasteiger partial charge on any atom is -0.399 e. The molecule has 1 aliphatic carbocycles. The Morgan fingerprint density at radius 2 is 2.23 bits per heavy atom. The predicted octanol–water partition coefficient (Wildman–Crippen LogP) is 2.29. The number of fused-ring (bicyclic) bond motifs is 1. The average Bonchev–Trinajstić information content (AvgIpc) is 2.87. The molecule has 1 aromatic carbocycles. The van der Waals surface area contributed by atoms with Gasteiger partial charge in [0, 0.05) is 17.0 Å². The van der Waals surface area contributed by atoms with E-state index in [2.05, 4.69) is 5.16 Å². The van der Waals surface area contributed by atoms with Gasteiger partial charge in [0.1, 0.15) is 11.3 Å². The zero-order valence-electron chi connectivity index (χ0n) is 7.16. The Kier molecular flexibility index (Phi) is 1.20. The Morgan fingerprint density at radius 1 is 1.38 bits per heavy atom. The van der Waals surface area contributed by atoms with E-state index >= 15 is 0 Å². The molecule has 3 rings (SSSR count). The molecule has 0 bridgehead atoms. The van der Waals surface area contributed by atoms with Crippen molar-refractivity contribution in [2.75, 3.05) is 5.73 Å². The summed E-state index contributed by atoms with van der Waals surface area (Å²) in [6, 6.07) is 5.74. The van der Waals surface area contributed by atoms with E-state index in [4.69, 9.17) is 10.3 Å². The highest BCUT2D eigenvalue weighted by Gasteiger charge is 2.29. The lowest BCUT2D eigenvalue weighted by Gasteiger charge is -1.92. The van der Waals surface area contributed by atoms with Gasteiger partial charge in [-0.3, -0.25) is 0 Å². The van der Waals surface area contributed by atoms with E-state index in [1.165, 1.54) is 12.8 Å². The lowest BCUT2D eigenvalue weighted by atomic mass is 10.1. The van der Waals surface area contributed by atoms with Crippen molar-refractivity contribution in [2.45, 2.75) is 18.8 Å². The van der Waals surface area contributed by atoms with Gasteiger partial charge < -0.3 is 10.3 Å². The van der Waals surface area contributed by atoms with E-state index in [9.17, 15) is 0 Å². The van der Waals surface area contributed by atoms with Gasteiger partial charge in [0.2, 0.25) is 0 Å². The molecule has 0 aliphatic heterocycles. The number of benzene rings is 1. The zero-order chi connectivity index (χ0) is 8.84. The molecule has 1 heterocycles. The van der Waals surface area contributed by atoms with Crippen molar-refractivity contribution in [1.82, 2.24) is 5.16 Å². The Morgan fingerprint density at radius 3 is 3.00 bits per heavy atom. The number of anilines is 1. The largest absolute Gasteiger partial charge is 0.399 e. The summed E-state index contributed by atoms with van der Waals surface area (Å²) < 4.78 is 5.29. The fourth-order valence-electron chi connectivity index (χ4n) is 1.62. The molecule has 1 aliphatic rings. The number of rotatable bonds is 1. The molecule has 66 valence electrons. The minimum atomic E-state index is 0.605. The number of nitrogens with two attached hydrogens (primary N) is 1.